The maximum absolute atomic E-state index is 12.2. The van der Waals surface area contributed by atoms with E-state index in [9.17, 15) is 4.79 Å². The standard InChI is InChI=1S/C15H18N4O3S/c1-15(2)7-11(17-14(20)18-13-8-16-19-23-13)10-6-9(21-3)4-5-12(10)22-15/h4-6,8,11H,7H2,1-3H3,(H2,17,18,20)/t11-/m1/s1. The molecule has 0 radical (unpaired) electrons. The molecule has 2 aromatic rings. The number of anilines is 1. The lowest BCUT2D eigenvalue weighted by Gasteiger charge is -2.38. The molecule has 0 aliphatic carbocycles. The minimum atomic E-state index is -0.369. The molecule has 122 valence electrons. The van der Waals surface area contributed by atoms with Gasteiger partial charge in [0.15, 0.2) is 0 Å². The summed E-state index contributed by atoms with van der Waals surface area (Å²) in [5.74, 6) is 1.48. The van der Waals surface area contributed by atoms with E-state index in [-0.39, 0.29) is 17.7 Å². The number of amides is 2. The highest BCUT2D eigenvalue weighted by atomic mass is 32.1. The predicted octanol–water partition coefficient (Wildman–Crippen LogP) is 2.97. The lowest BCUT2D eigenvalue weighted by Crippen LogP contribution is -2.42. The number of rotatable bonds is 3. The van der Waals surface area contributed by atoms with E-state index in [4.69, 9.17) is 9.47 Å². The summed E-state index contributed by atoms with van der Waals surface area (Å²) in [5, 5.41) is 10.0. The average molecular weight is 334 g/mol. The van der Waals surface area contributed by atoms with E-state index in [1.165, 1.54) is 6.20 Å². The summed E-state index contributed by atoms with van der Waals surface area (Å²) in [5.41, 5.74) is 0.534. The topological polar surface area (TPSA) is 85.4 Å². The molecule has 0 spiro atoms. The van der Waals surface area contributed by atoms with Gasteiger partial charge in [0.25, 0.3) is 0 Å². The second-order valence-electron chi connectivity index (χ2n) is 5.90. The number of fused-ring (bicyclic) bond motifs is 1. The van der Waals surface area contributed by atoms with E-state index in [0.29, 0.717) is 11.4 Å². The number of urea groups is 1. The lowest BCUT2D eigenvalue weighted by atomic mass is 9.89. The van der Waals surface area contributed by atoms with Gasteiger partial charge in [0.2, 0.25) is 0 Å². The Labute approximate surface area is 138 Å². The Hall–Kier alpha value is -2.35. The third-order valence-corrected chi connectivity index (χ3v) is 4.16. The SMILES string of the molecule is COc1ccc2c(c1)[C@H](NC(=O)Nc1cnns1)CC(C)(C)O2. The van der Waals surface area contributed by atoms with Gasteiger partial charge >= 0.3 is 6.03 Å². The van der Waals surface area contributed by atoms with Gasteiger partial charge in [0, 0.05) is 23.5 Å². The van der Waals surface area contributed by atoms with Gasteiger partial charge in [-0.05, 0) is 32.0 Å². The summed E-state index contributed by atoms with van der Waals surface area (Å²) in [6.45, 7) is 4.00. The van der Waals surface area contributed by atoms with Crippen molar-refractivity contribution < 1.29 is 14.3 Å². The van der Waals surface area contributed by atoms with Gasteiger partial charge in [-0.25, -0.2) is 4.79 Å². The highest BCUT2D eigenvalue weighted by Crippen LogP contribution is 2.41. The van der Waals surface area contributed by atoms with Crippen LogP contribution in [-0.2, 0) is 0 Å². The molecule has 2 N–H and O–H groups in total. The number of aromatic nitrogens is 2. The van der Waals surface area contributed by atoms with E-state index >= 15 is 0 Å². The molecule has 23 heavy (non-hydrogen) atoms. The minimum absolute atomic E-state index is 0.176. The number of nitrogens with one attached hydrogen (secondary N) is 2. The monoisotopic (exact) mass is 334 g/mol. The summed E-state index contributed by atoms with van der Waals surface area (Å²) < 4.78 is 15.0. The number of hydrogen-bond acceptors (Lipinski definition) is 6. The largest absolute Gasteiger partial charge is 0.497 e. The van der Waals surface area contributed by atoms with Gasteiger partial charge in [-0.1, -0.05) is 4.49 Å². The first-order chi connectivity index (χ1) is 11.0. The first-order valence-electron chi connectivity index (χ1n) is 7.19. The van der Waals surface area contributed by atoms with E-state index in [2.05, 4.69) is 20.2 Å². The van der Waals surface area contributed by atoms with E-state index in [0.717, 1.165) is 28.6 Å². The molecule has 3 rings (SSSR count). The van der Waals surface area contributed by atoms with E-state index in [1.807, 2.05) is 32.0 Å². The molecule has 0 saturated heterocycles. The fourth-order valence-corrected chi connectivity index (χ4v) is 3.03. The highest BCUT2D eigenvalue weighted by Gasteiger charge is 2.34. The molecule has 1 atom stereocenters. The number of benzene rings is 1. The third-order valence-electron chi connectivity index (χ3n) is 3.58. The molecule has 2 heterocycles. The van der Waals surface area contributed by atoms with Crippen molar-refractivity contribution in [1.29, 1.82) is 0 Å². The van der Waals surface area contributed by atoms with Gasteiger partial charge in [0.1, 0.15) is 22.1 Å². The van der Waals surface area contributed by atoms with Crippen LogP contribution in [0.5, 0.6) is 11.5 Å². The molecule has 7 nitrogen and oxygen atoms in total. The number of hydrogen-bond donors (Lipinski definition) is 2. The molecule has 0 bridgehead atoms. The molecule has 0 saturated carbocycles. The van der Waals surface area contributed by atoms with Gasteiger partial charge in [0.05, 0.1) is 19.3 Å². The Bertz CT molecular complexity index is 703. The van der Waals surface area contributed by atoms with Crippen LogP contribution in [0.1, 0.15) is 31.9 Å². The van der Waals surface area contributed by atoms with Crippen LogP contribution in [0.4, 0.5) is 9.80 Å². The van der Waals surface area contributed by atoms with E-state index in [1.54, 1.807) is 7.11 Å². The maximum Gasteiger partial charge on any atom is 0.320 e. The van der Waals surface area contributed by atoms with Gasteiger partial charge < -0.3 is 14.8 Å². The minimum Gasteiger partial charge on any atom is -0.497 e. The van der Waals surface area contributed by atoms with Gasteiger partial charge in [-0.2, -0.15) is 0 Å². The normalized spacial score (nSPS) is 18.5. The van der Waals surface area contributed by atoms with Crippen molar-refractivity contribution >= 4 is 22.6 Å². The summed E-state index contributed by atoms with van der Waals surface area (Å²) in [7, 11) is 1.61. The highest BCUT2D eigenvalue weighted by molar-refractivity contribution is 7.10. The second-order valence-corrected chi connectivity index (χ2v) is 6.69. The molecule has 1 aliphatic rings. The molecule has 1 aliphatic heterocycles. The zero-order chi connectivity index (χ0) is 16.4. The van der Waals surface area contributed by atoms with Crippen LogP contribution in [0, 0.1) is 0 Å². The van der Waals surface area contributed by atoms with Crippen LogP contribution in [0.25, 0.3) is 0 Å². The second kappa shape index (κ2) is 6.04. The van der Waals surface area contributed by atoms with Crippen molar-refractivity contribution in [2.75, 3.05) is 12.4 Å². The fourth-order valence-electron chi connectivity index (χ4n) is 2.62. The first kappa shape index (κ1) is 15.5. The molecule has 0 unspecified atom stereocenters. The Kier molecular flexibility index (Phi) is 4.08. The van der Waals surface area contributed by atoms with Gasteiger partial charge in [-0.15, -0.1) is 5.10 Å². The van der Waals surface area contributed by atoms with Crippen molar-refractivity contribution in [1.82, 2.24) is 14.9 Å². The molecule has 8 heteroatoms. The van der Waals surface area contributed by atoms with E-state index < -0.39 is 0 Å². The Balaban J connectivity index is 1.82. The van der Waals surface area contributed by atoms with Crippen LogP contribution in [-0.4, -0.2) is 28.3 Å². The summed E-state index contributed by atoms with van der Waals surface area (Å²) >= 11 is 1.13. The van der Waals surface area contributed by atoms with Crippen LogP contribution in [0.2, 0.25) is 0 Å². The van der Waals surface area contributed by atoms with Crippen molar-refractivity contribution in [3.63, 3.8) is 0 Å². The maximum atomic E-state index is 12.2. The van der Waals surface area contributed by atoms with Crippen LogP contribution < -0.4 is 20.1 Å². The molecular formula is C15H18N4O3S. The summed E-state index contributed by atoms with van der Waals surface area (Å²) in [6.07, 6.45) is 2.16. The Morgan fingerprint density at radius 1 is 1.48 bits per heavy atom. The number of carbonyl (C=O) groups excluding carboxylic acids is 1. The predicted molar refractivity (Wildman–Crippen MR) is 87.1 cm³/mol. The quantitative estimate of drug-likeness (QED) is 0.901. The average Bonchev–Trinajstić information content (AvgIpc) is 2.98. The molecular weight excluding hydrogens is 316 g/mol. The number of carbonyl (C=O) groups is 1. The summed E-state index contributed by atoms with van der Waals surface area (Å²) in [6, 6.07) is 5.14. The van der Waals surface area contributed by atoms with Crippen molar-refractivity contribution in [2.45, 2.75) is 31.9 Å². The van der Waals surface area contributed by atoms with Crippen LogP contribution in [0.3, 0.4) is 0 Å². The van der Waals surface area contributed by atoms with Gasteiger partial charge in [-0.3, -0.25) is 5.32 Å². The van der Waals surface area contributed by atoms with Crippen LogP contribution in [0.15, 0.2) is 24.4 Å². The Morgan fingerprint density at radius 2 is 2.30 bits per heavy atom. The van der Waals surface area contributed by atoms with Crippen LogP contribution >= 0.6 is 11.5 Å². The van der Waals surface area contributed by atoms with Crippen molar-refractivity contribution in [3.05, 3.63) is 30.0 Å². The lowest BCUT2D eigenvalue weighted by molar-refractivity contribution is 0.0681. The molecule has 2 amide bonds. The zero-order valence-corrected chi connectivity index (χ0v) is 13.9. The van der Waals surface area contributed by atoms with Crippen molar-refractivity contribution in [3.8, 4) is 11.5 Å². The number of ether oxygens (including phenoxy) is 2. The number of methoxy groups -OCH3 is 1. The smallest absolute Gasteiger partial charge is 0.320 e. The van der Waals surface area contributed by atoms with Crippen molar-refractivity contribution in [2.24, 2.45) is 0 Å². The molecule has 1 aromatic carbocycles. The molecule has 0 fully saturated rings. The fraction of sp³-hybridized carbons (Fsp3) is 0.400. The third kappa shape index (κ3) is 3.53. The number of nitrogens with zero attached hydrogens (tertiary/aromatic N) is 2. The zero-order valence-electron chi connectivity index (χ0n) is 13.1. The summed E-state index contributed by atoms with van der Waals surface area (Å²) in [4.78, 5) is 12.2. The Morgan fingerprint density at radius 3 is 3.00 bits per heavy atom. The molecule has 1 aromatic heterocycles. The first-order valence-corrected chi connectivity index (χ1v) is 7.96.